The second-order valence-corrected chi connectivity index (χ2v) is 4.69. The molecule has 0 bridgehead atoms. The van der Waals surface area contributed by atoms with Gasteiger partial charge in [-0.05, 0) is 18.4 Å². The summed E-state index contributed by atoms with van der Waals surface area (Å²) in [5.41, 5.74) is 7.17. The van der Waals surface area contributed by atoms with Crippen molar-refractivity contribution in [3.63, 3.8) is 0 Å². The Kier molecular flexibility index (Phi) is 2.48. The molecule has 0 aliphatic heterocycles. The third-order valence-corrected chi connectivity index (χ3v) is 3.73. The summed E-state index contributed by atoms with van der Waals surface area (Å²) in [5.74, 6) is 0. The second kappa shape index (κ2) is 3.63. The molecule has 2 N–H and O–H groups in total. The number of thiophene rings is 1. The largest absolute Gasteiger partial charge is 0.398 e. The maximum atomic E-state index is 10.9. The summed E-state index contributed by atoms with van der Waals surface area (Å²) in [6.45, 7) is 0. The molecule has 0 unspecified atom stereocenters. The van der Waals surface area contributed by atoms with E-state index >= 15 is 0 Å². The van der Waals surface area contributed by atoms with E-state index in [1.165, 1.54) is 0 Å². The van der Waals surface area contributed by atoms with Gasteiger partial charge in [-0.2, -0.15) is 0 Å². The number of hydrogen-bond acceptors (Lipinski definition) is 4. The molecule has 72 valence electrons. The molecule has 0 radical (unpaired) electrons. The van der Waals surface area contributed by atoms with Gasteiger partial charge in [0.15, 0.2) is 6.29 Å². The Balaban J connectivity index is 2.82. The highest BCUT2D eigenvalue weighted by Gasteiger charge is 2.07. The van der Waals surface area contributed by atoms with Gasteiger partial charge in [0.2, 0.25) is 0 Å². The molecule has 0 fully saturated rings. The molecule has 0 saturated heterocycles. The zero-order valence-corrected chi connectivity index (χ0v) is 9.24. The predicted molar refractivity (Wildman–Crippen MR) is 63.4 cm³/mol. The lowest BCUT2D eigenvalue weighted by molar-refractivity contribution is 0.112. The number of thioether (sulfide) groups is 1. The minimum Gasteiger partial charge on any atom is -0.398 e. The van der Waals surface area contributed by atoms with Crippen molar-refractivity contribution in [2.24, 2.45) is 0 Å². The first-order valence-corrected chi connectivity index (χ1v) is 6.16. The number of nitrogen functional groups attached to an aromatic ring is 1. The quantitative estimate of drug-likeness (QED) is 0.628. The standard InChI is InChI=1S/C10H9NOS2/c1-13-7-2-6(4-12)10-8(11)5-14-9(10)3-7/h2-5H,11H2,1H3. The molecule has 1 heterocycles. The highest BCUT2D eigenvalue weighted by Crippen LogP contribution is 2.33. The number of benzene rings is 1. The van der Waals surface area contributed by atoms with E-state index in [1.54, 1.807) is 23.1 Å². The number of anilines is 1. The van der Waals surface area contributed by atoms with E-state index in [2.05, 4.69) is 6.07 Å². The van der Waals surface area contributed by atoms with Gasteiger partial charge < -0.3 is 5.73 Å². The van der Waals surface area contributed by atoms with Crippen LogP contribution in [0.25, 0.3) is 10.1 Å². The van der Waals surface area contributed by atoms with E-state index in [9.17, 15) is 4.79 Å². The molecule has 0 atom stereocenters. The Bertz CT molecular complexity index is 490. The van der Waals surface area contributed by atoms with Crippen LogP contribution in [-0.4, -0.2) is 12.5 Å². The first-order valence-electron chi connectivity index (χ1n) is 4.06. The van der Waals surface area contributed by atoms with E-state index in [-0.39, 0.29) is 0 Å². The third kappa shape index (κ3) is 1.40. The van der Waals surface area contributed by atoms with Crippen molar-refractivity contribution in [3.05, 3.63) is 23.1 Å². The average Bonchev–Trinajstić information content (AvgIpc) is 2.59. The monoisotopic (exact) mass is 223 g/mol. The lowest BCUT2D eigenvalue weighted by Gasteiger charge is -2.00. The number of hydrogen-bond donors (Lipinski definition) is 1. The summed E-state index contributed by atoms with van der Waals surface area (Å²) in [4.78, 5) is 12.0. The van der Waals surface area contributed by atoms with E-state index in [1.807, 2.05) is 17.7 Å². The first kappa shape index (κ1) is 9.55. The molecule has 2 rings (SSSR count). The van der Waals surface area contributed by atoms with Crippen molar-refractivity contribution < 1.29 is 4.79 Å². The maximum absolute atomic E-state index is 10.9. The van der Waals surface area contributed by atoms with Crippen LogP contribution < -0.4 is 5.73 Å². The smallest absolute Gasteiger partial charge is 0.150 e. The van der Waals surface area contributed by atoms with Crippen LogP contribution in [0.4, 0.5) is 5.69 Å². The molecule has 4 heteroatoms. The molecule has 1 aromatic heterocycles. The fourth-order valence-electron chi connectivity index (χ4n) is 1.41. The Morgan fingerprint density at radius 2 is 2.29 bits per heavy atom. The highest BCUT2D eigenvalue weighted by molar-refractivity contribution is 7.98. The fourth-order valence-corrected chi connectivity index (χ4v) is 2.88. The number of aldehydes is 1. The maximum Gasteiger partial charge on any atom is 0.150 e. The van der Waals surface area contributed by atoms with E-state index < -0.39 is 0 Å². The summed E-state index contributed by atoms with van der Waals surface area (Å²) in [6, 6.07) is 3.94. The molecule has 0 saturated carbocycles. The van der Waals surface area contributed by atoms with Crippen molar-refractivity contribution in [1.82, 2.24) is 0 Å². The van der Waals surface area contributed by atoms with Crippen LogP contribution in [0.15, 0.2) is 22.4 Å². The van der Waals surface area contributed by atoms with Gasteiger partial charge >= 0.3 is 0 Å². The second-order valence-electron chi connectivity index (χ2n) is 2.90. The van der Waals surface area contributed by atoms with Crippen LogP contribution in [0.2, 0.25) is 0 Å². The number of nitrogens with two attached hydrogens (primary N) is 1. The highest BCUT2D eigenvalue weighted by atomic mass is 32.2. The summed E-state index contributed by atoms with van der Waals surface area (Å²) >= 11 is 3.21. The molecule has 0 aliphatic rings. The Labute approximate surface area is 90.1 Å². The van der Waals surface area contributed by atoms with Gasteiger partial charge in [-0.15, -0.1) is 23.1 Å². The summed E-state index contributed by atoms with van der Waals surface area (Å²) in [6.07, 6.45) is 2.86. The predicted octanol–water partition coefficient (Wildman–Crippen LogP) is 3.02. The molecule has 2 nitrogen and oxygen atoms in total. The van der Waals surface area contributed by atoms with Crippen LogP contribution in [-0.2, 0) is 0 Å². The zero-order chi connectivity index (χ0) is 10.1. The van der Waals surface area contributed by atoms with Gasteiger partial charge in [0.25, 0.3) is 0 Å². The normalized spacial score (nSPS) is 10.6. The van der Waals surface area contributed by atoms with Crippen LogP contribution in [0.1, 0.15) is 10.4 Å². The van der Waals surface area contributed by atoms with Crippen LogP contribution in [0.5, 0.6) is 0 Å². The van der Waals surface area contributed by atoms with Gasteiger partial charge in [-0.3, -0.25) is 4.79 Å². The number of fused-ring (bicyclic) bond motifs is 1. The fraction of sp³-hybridized carbons (Fsp3) is 0.100. The van der Waals surface area contributed by atoms with Crippen LogP contribution in [0.3, 0.4) is 0 Å². The molecule has 0 spiro atoms. The third-order valence-electron chi connectivity index (χ3n) is 2.07. The van der Waals surface area contributed by atoms with E-state index in [0.29, 0.717) is 11.3 Å². The molecular weight excluding hydrogens is 214 g/mol. The minimum atomic E-state index is 0.686. The van der Waals surface area contributed by atoms with Gasteiger partial charge in [0.05, 0.1) is 5.69 Å². The first-order chi connectivity index (χ1) is 6.76. The SMILES string of the molecule is CSc1cc(C=O)c2c(N)csc2c1. The molecule has 0 aliphatic carbocycles. The van der Waals surface area contributed by atoms with Crippen molar-refractivity contribution in [2.75, 3.05) is 12.0 Å². The van der Waals surface area contributed by atoms with Crippen molar-refractivity contribution in [3.8, 4) is 0 Å². The Morgan fingerprint density at radius 1 is 1.50 bits per heavy atom. The average molecular weight is 223 g/mol. The van der Waals surface area contributed by atoms with Crippen molar-refractivity contribution >= 4 is 45.2 Å². The lowest BCUT2D eigenvalue weighted by Crippen LogP contribution is -1.87. The van der Waals surface area contributed by atoms with Gasteiger partial charge in [-0.1, -0.05) is 0 Å². The van der Waals surface area contributed by atoms with Gasteiger partial charge in [0.1, 0.15) is 0 Å². The number of carbonyl (C=O) groups is 1. The Morgan fingerprint density at radius 3 is 2.93 bits per heavy atom. The van der Waals surface area contributed by atoms with Crippen molar-refractivity contribution in [2.45, 2.75) is 4.90 Å². The number of rotatable bonds is 2. The summed E-state index contributed by atoms with van der Waals surface area (Å²) in [7, 11) is 0. The summed E-state index contributed by atoms with van der Waals surface area (Å²) in [5, 5.41) is 2.77. The Hall–Kier alpha value is -1.00. The minimum absolute atomic E-state index is 0.686. The van der Waals surface area contributed by atoms with E-state index in [0.717, 1.165) is 21.3 Å². The van der Waals surface area contributed by atoms with Crippen molar-refractivity contribution in [1.29, 1.82) is 0 Å². The molecule has 2 aromatic rings. The number of carbonyl (C=O) groups excluding carboxylic acids is 1. The molecule has 0 amide bonds. The zero-order valence-electron chi connectivity index (χ0n) is 7.61. The van der Waals surface area contributed by atoms with Crippen LogP contribution in [0, 0.1) is 0 Å². The van der Waals surface area contributed by atoms with Crippen LogP contribution >= 0.6 is 23.1 Å². The summed E-state index contributed by atoms with van der Waals surface area (Å²) < 4.78 is 1.08. The molecule has 14 heavy (non-hydrogen) atoms. The van der Waals surface area contributed by atoms with E-state index in [4.69, 9.17) is 5.73 Å². The molecule has 1 aromatic carbocycles. The molecular formula is C10H9NOS2. The van der Waals surface area contributed by atoms with Gasteiger partial charge in [-0.25, -0.2) is 0 Å². The lowest BCUT2D eigenvalue weighted by atomic mass is 10.1. The van der Waals surface area contributed by atoms with Gasteiger partial charge in [0, 0.05) is 25.9 Å². The topological polar surface area (TPSA) is 43.1 Å².